The van der Waals surface area contributed by atoms with Gasteiger partial charge in [-0.1, -0.05) is 38.1 Å². The summed E-state index contributed by atoms with van der Waals surface area (Å²) in [4.78, 5) is 4.42. The Bertz CT molecular complexity index is 463. The summed E-state index contributed by atoms with van der Waals surface area (Å²) in [5.41, 5.74) is 1.33. The van der Waals surface area contributed by atoms with Gasteiger partial charge in [0, 0.05) is 11.6 Å². The predicted octanol–water partition coefficient (Wildman–Crippen LogP) is 3.96. The monoisotopic (exact) mass is 297 g/mol. The Morgan fingerprint density at radius 3 is 2.43 bits per heavy atom. The summed E-state index contributed by atoms with van der Waals surface area (Å²) in [5.74, 6) is 0.532. The Balaban J connectivity index is 2.82. The lowest BCUT2D eigenvalue weighted by atomic mass is 9.99. The fourth-order valence-corrected chi connectivity index (χ4v) is 2.25. The molecular weight excluding hydrogens is 285 g/mol. The summed E-state index contributed by atoms with van der Waals surface area (Å²) in [5, 5.41) is 2.60. The van der Waals surface area contributed by atoms with Crippen LogP contribution in [0.3, 0.4) is 0 Å². The molecule has 1 heterocycles. The predicted molar refractivity (Wildman–Crippen MR) is 68.5 cm³/mol. The van der Waals surface area contributed by atoms with Crippen molar-refractivity contribution < 1.29 is 0 Å². The molecule has 14 heavy (non-hydrogen) atoms. The Kier molecular flexibility index (Phi) is 2.72. The first kappa shape index (κ1) is 9.90. The van der Waals surface area contributed by atoms with Gasteiger partial charge in [0.15, 0.2) is 0 Å². The number of hydrogen-bond acceptors (Lipinski definition) is 1. The van der Waals surface area contributed by atoms with Crippen LogP contribution in [0.15, 0.2) is 30.5 Å². The molecule has 2 aromatic rings. The van der Waals surface area contributed by atoms with Crippen molar-refractivity contribution in [1.82, 2.24) is 4.98 Å². The van der Waals surface area contributed by atoms with Crippen molar-refractivity contribution in [1.29, 1.82) is 0 Å². The average Bonchev–Trinajstić information content (AvgIpc) is 2.18. The minimum Gasteiger partial charge on any atom is -0.249 e. The molecule has 0 spiro atoms. The molecule has 0 bridgehead atoms. The summed E-state index contributed by atoms with van der Waals surface area (Å²) in [6.45, 7) is 4.41. The van der Waals surface area contributed by atoms with Gasteiger partial charge in [-0.05, 0) is 39.5 Å². The topological polar surface area (TPSA) is 12.9 Å². The van der Waals surface area contributed by atoms with Gasteiger partial charge in [-0.2, -0.15) is 0 Å². The zero-order valence-corrected chi connectivity index (χ0v) is 10.4. The van der Waals surface area contributed by atoms with Crippen molar-refractivity contribution in [3.63, 3.8) is 0 Å². The first-order valence-corrected chi connectivity index (χ1v) is 5.81. The molecule has 1 aromatic carbocycles. The number of benzene rings is 1. The molecule has 72 valence electrons. The van der Waals surface area contributed by atoms with E-state index in [0.29, 0.717) is 5.92 Å². The van der Waals surface area contributed by atoms with Gasteiger partial charge in [0.2, 0.25) is 0 Å². The minimum atomic E-state index is 0.532. The molecular formula is C12H12IN. The van der Waals surface area contributed by atoms with E-state index in [2.05, 4.69) is 65.7 Å². The molecule has 0 unspecified atom stereocenters. The van der Waals surface area contributed by atoms with E-state index in [4.69, 9.17) is 0 Å². The van der Waals surface area contributed by atoms with Crippen LogP contribution in [0.4, 0.5) is 0 Å². The molecule has 0 amide bonds. The Hall–Kier alpha value is -0.640. The Labute approximate surface area is 97.7 Å². The highest BCUT2D eigenvalue weighted by atomic mass is 127. The van der Waals surface area contributed by atoms with Crippen LogP contribution >= 0.6 is 22.6 Å². The molecule has 0 aliphatic carbocycles. The molecule has 0 aliphatic rings. The SMILES string of the molecule is CC(C)c1cnc(I)c2ccccc12. The van der Waals surface area contributed by atoms with E-state index in [-0.39, 0.29) is 0 Å². The van der Waals surface area contributed by atoms with Crippen LogP contribution in [0, 0.1) is 3.70 Å². The van der Waals surface area contributed by atoms with E-state index in [9.17, 15) is 0 Å². The summed E-state index contributed by atoms with van der Waals surface area (Å²) in [6.07, 6.45) is 1.99. The van der Waals surface area contributed by atoms with Crippen molar-refractivity contribution in [2.24, 2.45) is 0 Å². The first-order chi connectivity index (χ1) is 6.70. The number of nitrogens with zero attached hydrogens (tertiary/aromatic N) is 1. The van der Waals surface area contributed by atoms with Gasteiger partial charge in [0.05, 0.1) is 0 Å². The van der Waals surface area contributed by atoms with Gasteiger partial charge in [-0.25, -0.2) is 4.98 Å². The summed E-state index contributed by atoms with van der Waals surface area (Å²) >= 11 is 2.29. The lowest BCUT2D eigenvalue weighted by molar-refractivity contribution is 0.868. The van der Waals surface area contributed by atoms with Crippen molar-refractivity contribution in [3.05, 3.63) is 39.7 Å². The van der Waals surface area contributed by atoms with E-state index >= 15 is 0 Å². The maximum atomic E-state index is 4.42. The number of halogens is 1. The first-order valence-electron chi connectivity index (χ1n) is 4.73. The highest BCUT2D eigenvalue weighted by Crippen LogP contribution is 2.26. The summed E-state index contributed by atoms with van der Waals surface area (Å²) < 4.78 is 1.09. The van der Waals surface area contributed by atoms with E-state index in [0.717, 1.165) is 3.70 Å². The molecule has 2 heteroatoms. The van der Waals surface area contributed by atoms with Crippen LogP contribution in [-0.2, 0) is 0 Å². The molecule has 0 saturated heterocycles. The van der Waals surface area contributed by atoms with E-state index in [1.807, 2.05) is 6.20 Å². The summed E-state index contributed by atoms with van der Waals surface area (Å²) in [6, 6.07) is 8.46. The fraction of sp³-hybridized carbons (Fsp3) is 0.250. The maximum Gasteiger partial charge on any atom is 0.109 e. The molecule has 0 saturated carbocycles. The molecule has 1 aromatic heterocycles. The third-order valence-corrected chi connectivity index (χ3v) is 3.26. The van der Waals surface area contributed by atoms with E-state index in [1.54, 1.807) is 0 Å². The molecule has 2 rings (SSSR count). The second-order valence-electron chi connectivity index (χ2n) is 3.70. The molecule has 0 N–H and O–H groups in total. The molecule has 0 aliphatic heterocycles. The normalized spacial score (nSPS) is 11.1. The maximum absolute atomic E-state index is 4.42. The Morgan fingerprint density at radius 2 is 1.79 bits per heavy atom. The van der Waals surface area contributed by atoms with Crippen molar-refractivity contribution in [3.8, 4) is 0 Å². The highest BCUT2D eigenvalue weighted by molar-refractivity contribution is 14.1. The fourth-order valence-electron chi connectivity index (χ4n) is 1.64. The van der Waals surface area contributed by atoms with Crippen molar-refractivity contribution in [2.75, 3.05) is 0 Å². The molecule has 0 fully saturated rings. The number of pyridine rings is 1. The number of rotatable bonds is 1. The van der Waals surface area contributed by atoms with E-state index in [1.165, 1.54) is 16.3 Å². The van der Waals surface area contributed by atoms with Crippen LogP contribution in [0.1, 0.15) is 25.3 Å². The van der Waals surface area contributed by atoms with Gasteiger partial charge in [0.1, 0.15) is 3.70 Å². The second kappa shape index (κ2) is 3.85. The quantitative estimate of drug-likeness (QED) is 0.573. The zero-order chi connectivity index (χ0) is 10.1. The average molecular weight is 297 g/mol. The summed E-state index contributed by atoms with van der Waals surface area (Å²) in [7, 11) is 0. The van der Waals surface area contributed by atoms with Crippen molar-refractivity contribution >= 4 is 33.4 Å². The smallest absolute Gasteiger partial charge is 0.109 e. The van der Waals surface area contributed by atoms with E-state index < -0.39 is 0 Å². The lowest BCUT2D eigenvalue weighted by Gasteiger charge is -2.09. The number of hydrogen-bond donors (Lipinski definition) is 0. The number of aromatic nitrogens is 1. The van der Waals surface area contributed by atoms with Crippen LogP contribution < -0.4 is 0 Å². The van der Waals surface area contributed by atoms with Gasteiger partial charge in [0.25, 0.3) is 0 Å². The van der Waals surface area contributed by atoms with Gasteiger partial charge in [-0.15, -0.1) is 0 Å². The Morgan fingerprint density at radius 1 is 1.14 bits per heavy atom. The third kappa shape index (κ3) is 1.63. The van der Waals surface area contributed by atoms with Crippen LogP contribution in [0.2, 0.25) is 0 Å². The van der Waals surface area contributed by atoms with Crippen molar-refractivity contribution in [2.45, 2.75) is 19.8 Å². The second-order valence-corrected chi connectivity index (χ2v) is 4.73. The highest BCUT2D eigenvalue weighted by Gasteiger charge is 2.07. The van der Waals surface area contributed by atoms with Crippen LogP contribution in [0.5, 0.6) is 0 Å². The van der Waals surface area contributed by atoms with Gasteiger partial charge >= 0.3 is 0 Å². The van der Waals surface area contributed by atoms with Crippen LogP contribution in [-0.4, -0.2) is 4.98 Å². The van der Waals surface area contributed by atoms with Crippen LogP contribution in [0.25, 0.3) is 10.8 Å². The van der Waals surface area contributed by atoms with Gasteiger partial charge in [-0.3, -0.25) is 0 Å². The molecule has 0 atom stereocenters. The molecule has 0 radical (unpaired) electrons. The van der Waals surface area contributed by atoms with Gasteiger partial charge < -0.3 is 0 Å². The zero-order valence-electron chi connectivity index (χ0n) is 8.29. The number of fused-ring (bicyclic) bond motifs is 1. The largest absolute Gasteiger partial charge is 0.249 e. The third-order valence-electron chi connectivity index (χ3n) is 2.40. The minimum absolute atomic E-state index is 0.532. The standard InChI is InChI=1S/C12H12IN/c1-8(2)11-7-14-12(13)10-6-4-3-5-9(10)11/h3-8H,1-2H3. The lowest BCUT2D eigenvalue weighted by Crippen LogP contribution is -1.93. The molecule has 1 nitrogen and oxygen atoms in total.